The van der Waals surface area contributed by atoms with Crippen LogP contribution >= 0.6 is 0 Å². The number of para-hydroxylation sites is 1. The highest BCUT2D eigenvalue weighted by molar-refractivity contribution is 5.97. The average Bonchev–Trinajstić information content (AvgIpc) is 2.76. The first-order valence-corrected chi connectivity index (χ1v) is 9.10. The van der Waals surface area contributed by atoms with E-state index in [0.29, 0.717) is 24.3 Å². The van der Waals surface area contributed by atoms with Gasteiger partial charge in [0.1, 0.15) is 18.4 Å². The third-order valence-electron chi connectivity index (χ3n) is 4.12. The van der Waals surface area contributed by atoms with Gasteiger partial charge in [0.2, 0.25) is 5.91 Å². The van der Waals surface area contributed by atoms with Crippen molar-refractivity contribution in [3.8, 4) is 5.75 Å². The summed E-state index contributed by atoms with van der Waals surface area (Å²) in [6, 6.07) is 26.6. The first-order chi connectivity index (χ1) is 13.7. The van der Waals surface area contributed by atoms with Crippen molar-refractivity contribution in [2.45, 2.75) is 6.04 Å². The van der Waals surface area contributed by atoms with E-state index in [2.05, 4.69) is 10.6 Å². The minimum Gasteiger partial charge on any atom is -0.492 e. The number of ether oxygens (including phenoxy) is 1. The molecule has 0 spiro atoms. The zero-order valence-electron chi connectivity index (χ0n) is 15.4. The van der Waals surface area contributed by atoms with Crippen LogP contribution in [0.4, 0.5) is 0 Å². The molecule has 0 aromatic heterocycles. The van der Waals surface area contributed by atoms with Crippen LogP contribution in [0.3, 0.4) is 0 Å². The van der Waals surface area contributed by atoms with Gasteiger partial charge in [0.25, 0.3) is 5.91 Å². The zero-order chi connectivity index (χ0) is 19.6. The second-order valence-electron chi connectivity index (χ2n) is 6.14. The van der Waals surface area contributed by atoms with Crippen LogP contribution in [0.1, 0.15) is 22.0 Å². The van der Waals surface area contributed by atoms with E-state index in [1.165, 1.54) is 0 Å². The van der Waals surface area contributed by atoms with Gasteiger partial charge < -0.3 is 15.4 Å². The fourth-order valence-corrected chi connectivity index (χ4v) is 2.71. The molecule has 5 heteroatoms. The van der Waals surface area contributed by atoms with Gasteiger partial charge in [-0.1, -0.05) is 66.7 Å². The second-order valence-corrected chi connectivity index (χ2v) is 6.14. The summed E-state index contributed by atoms with van der Waals surface area (Å²) < 4.78 is 5.59. The molecule has 3 aromatic rings. The number of benzene rings is 3. The number of hydrogen-bond acceptors (Lipinski definition) is 3. The Morgan fingerprint density at radius 1 is 0.786 bits per heavy atom. The third kappa shape index (κ3) is 5.45. The normalized spacial score (nSPS) is 11.3. The summed E-state index contributed by atoms with van der Waals surface area (Å²) in [5.41, 5.74) is 1.22. The van der Waals surface area contributed by atoms with Crippen LogP contribution < -0.4 is 15.4 Å². The predicted octanol–water partition coefficient (Wildman–Crippen LogP) is 3.35. The van der Waals surface area contributed by atoms with Gasteiger partial charge in [0, 0.05) is 5.56 Å². The van der Waals surface area contributed by atoms with Crippen molar-refractivity contribution in [2.75, 3.05) is 13.2 Å². The van der Waals surface area contributed by atoms with Gasteiger partial charge in [0.05, 0.1) is 6.54 Å². The molecule has 5 nitrogen and oxygen atoms in total. The topological polar surface area (TPSA) is 67.4 Å². The Morgan fingerprint density at radius 3 is 2.00 bits per heavy atom. The Balaban J connectivity index is 1.61. The van der Waals surface area contributed by atoms with Gasteiger partial charge in [-0.05, 0) is 29.8 Å². The smallest absolute Gasteiger partial charge is 0.252 e. The molecule has 0 radical (unpaired) electrons. The Kier molecular flexibility index (Phi) is 6.79. The molecule has 3 rings (SSSR count). The lowest BCUT2D eigenvalue weighted by atomic mass is 10.1. The molecule has 0 saturated heterocycles. The van der Waals surface area contributed by atoms with E-state index in [0.717, 1.165) is 5.75 Å². The monoisotopic (exact) mass is 374 g/mol. The lowest BCUT2D eigenvalue weighted by Gasteiger charge is -2.19. The Bertz CT molecular complexity index is 883. The van der Waals surface area contributed by atoms with Crippen molar-refractivity contribution in [3.63, 3.8) is 0 Å². The standard InChI is InChI=1S/C23H22N2O3/c26-22(19-12-6-2-7-13-19)25-21(18-10-4-1-5-11-18)23(27)24-16-17-28-20-14-8-3-9-15-20/h1-15,21H,16-17H2,(H,24,27)(H,25,26). The summed E-state index contributed by atoms with van der Waals surface area (Å²) >= 11 is 0. The summed E-state index contributed by atoms with van der Waals surface area (Å²) in [5.74, 6) is 0.158. The number of hydrogen-bond donors (Lipinski definition) is 2. The Labute approximate surface area is 164 Å². The van der Waals surface area contributed by atoms with Gasteiger partial charge >= 0.3 is 0 Å². The highest BCUT2D eigenvalue weighted by Gasteiger charge is 2.22. The average molecular weight is 374 g/mol. The molecule has 3 aromatic carbocycles. The Hall–Kier alpha value is -3.60. The quantitative estimate of drug-likeness (QED) is 0.594. The lowest BCUT2D eigenvalue weighted by Crippen LogP contribution is -2.41. The molecule has 0 aliphatic rings. The number of carbonyl (C=O) groups excluding carboxylic acids is 2. The molecule has 2 amide bonds. The molecule has 0 aliphatic carbocycles. The van der Waals surface area contributed by atoms with Crippen LogP contribution in [-0.4, -0.2) is 25.0 Å². The van der Waals surface area contributed by atoms with Crippen molar-refractivity contribution in [2.24, 2.45) is 0 Å². The number of carbonyl (C=O) groups is 2. The summed E-state index contributed by atoms with van der Waals surface area (Å²) in [4.78, 5) is 25.3. The maximum atomic E-state index is 12.7. The molecule has 28 heavy (non-hydrogen) atoms. The van der Waals surface area contributed by atoms with Gasteiger partial charge in [-0.25, -0.2) is 0 Å². The summed E-state index contributed by atoms with van der Waals surface area (Å²) in [6.07, 6.45) is 0. The van der Waals surface area contributed by atoms with Gasteiger partial charge in [0.15, 0.2) is 0 Å². The minimum atomic E-state index is -0.786. The zero-order valence-corrected chi connectivity index (χ0v) is 15.4. The minimum absolute atomic E-state index is 0.285. The number of nitrogens with one attached hydrogen (secondary N) is 2. The summed E-state index contributed by atoms with van der Waals surface area (Å²) in [7, 11) is 0. The van der Waals surface area contributed by atoms with E-state index in [1.807, 2.05) is 66.7 Å². The molecule has 0 bridgehead atoms. The van der Waals surface area contributed by atoms with Crippen molar-refractivity contribution in [3.05, 3.63) is 102 Å². The fraction of sp³-hybridized carbons (Fsp3) is 0.130. The molecule has 142 valence electrons. The highest BCUT2D eigenvalue weighted by Crippen LogP contribution is 2.14. The van der Waals surface area contributed by atoms with Crippen molar-refractivity contribution in [1.29, 1.82) is 0 Å². The highest BCUT2D eigenvalue weighted by atomic mass is 16.5. The summed E-state index contributed by atoms with van der Waals surface area (Å²) in [6.45, 7) is 0.669. The molecule has 0 fully saturated rings. The number of rotatable bonds is 8. The van der Waals surface area contributed by atoms with Crippen molar-refractivity contribution in [1.82, 2.24) is 10.6 Å². The van der Waals surface area contributed by atoms with Crippen LogP contribution in [0.25, 0.3) is 0 Å². The van der Waals surface area contributed by atoms with E-state index in [-0.39, 0.29) is 11.8 Å². The predicted molar refractivity (Wildman–Crippen MR) is 108 cm³/mol. The van der Waals surface area contributed by atoms with Crippen LogP contribution in [0.5, 0.6) is 5.75 Å². The first-order valence-electron chi connectivity index (χ1n) is 9.10. The maximum Gasteiger partial charge on any atom is 0.252 e. The molecule has 1 unspecified atom stereocenters. The largest absolute Gasteiger partial charge is 0.492 e. The van der Waals surface area contributed by atoms with E-state index in [4.69, 9.17) is 4.74 Å². The molecule has 2 N–H and O–H groups in total. The lowest BCUT2D eigenvalue weighted by molar-refractivity contribution is -0.123. The SMILES string of the molecule is O=C(NC(C(=O)NCCOc1ccccc1)c1ccccc1)c1ccccc1. The molecular formula is C23H22N2O3. The molecule has 1 atom stereocenters. The van der Waals surface area contributed by atoms with Gasteiger partial charge in [-0.15, -0.1) is 0 Å². The molecule has 0 saturated carbocycles. The summed E-state index contributed by atoms with van der Waals surface area (Å²) in [5, 5.41) is 5.65. The molecular weight excluding hydrogens is 352 g/mol. The third-order valence-corrected chi connectivity index (χ3v) is 4.12. The van der Waals surface area contributed by atoms with Crippen LogP contribution in [0, 0.1) is 0 Å². The van der Waals surface area contributed by atoms with E-state index >= 15 is 0 Å². The van der Waals surface area contributed by atoms with Crippen LogP contribution in [0.15, 0.2) is 91.0 Å². The number of amides is 2. The fourth-order valence-electron chi connectivity index (χ4n) is 2.71. The molecule has 0 aliphatic heterocycles. The van der Waals surface area contributed by atoms with Gasteiger partial charge in [-0.2, -0.15) is 0 Å². The van der Waals surface area contributed by atoms with Crippen molar-refractivity contribution >= 4 is 11.8 Å². The van der Waals surface area contributed by atoms with Crippen LogP contribution in [0.2, 0.25) is 0 Å². The van der Waals surface area contributed by atoms with Crippen LogP contribution in [-0.2, 0) is 4.79 Å². The van der Waals surface area contributed by atoms with Gasteiger partial charge in [-0.3, -0.25) is 9.59 Å². The van der Waals surface area contributed by atoms with Crippen molar-refractivity contribution < 1.29 is 14.3 Å². The van der Waals surface area contributed by atoms with E-state index < -0.39 is 6.04 Å². The Morgan fingerprint density at radius 2 is 1.36 bits per heavy atom. The first kappa shape index (κ1) is 19.2. The molecule has 0 heterocycles. The maximum absolute atomic E-state index is 12.7. The second kappa shape index (κ2) is 9.92. The van der Waals surface area contributed by atoms with E-state index in [1.54, 1.807) is 24.3 Å². The van der Waals surface area contributed by atoms with E-state index in [9.17, 15) is 9.59 Å².